The van der Waals surface area contributed by atoms with Crippen LogP contribution in [0.5, 0.6) is 0 Å². The zero-order valence-electron chi connectivity index (χ0n) is 20.1. The molecular weight excluding hydrogens is 555 g/mol. The molecule has 1 amide bonds. The molecule has 5 aromatic rings. The number of amides is 1. The number of hydrogen-bond acceptors (Lipinski definition) is 5. The molecule has 0 bridgehead atoms. The van der Waals surface area contributed by atoms with Gasteiger partial charge >= 0.3 is 0 Å². The molecule has 0 aliphatic carbocycles. The second kappa shape index (κ2) is 11.6. The fourth-order valence-electron chi connectivity index (χ4n) is 3.74. The molecule has 0 saturated carbocycles. The number of nitrogens with one attached hydrogen (secondary N) is 2. The molecule has 0 radical (unpaired) electrons. The minimum atomic E-state index is -0.503. The molecule has 11 heteroatoms. The van der Waals surface area contributed by atoms with E-state index in [1.807, 2.05) is 54.7 Å². The summed E-state index contributed by atoms with van der Waals surface area (Å²) in [5.74, 6) is 0.149. The Morgan fingerprint density at radius 2 is 1.87 bits per heavy atom. The van der Waals surface area contributed by atoms with Gasteiger partial charge in [-0.3, -0.25) is 9.59 Å². The highest BCUT2D eigenvalue weighted by Gasteiger charge is 2.15. The van der Waals surface area contributed by atoms with Crippen LogP contribution in [0.25, 0.3) is 21.8 Å². The van der Waals surface area contributed by atoms with Crippen LogP contribution in [0.3, 0.4) is 0 Å². The van der Waals surface area contributed by atoms with E-state index in [9.17, 15) is 9.59 Å². The van der Waals surface area contributed by atoms with E-state index in [1.54, 1.807) is 29.1 Å². The first-order valence-electron chi connectivity index (χ1n) is 11.5. The summed E-state index contributed by atoms with van der Waals surface area (Å²) in [5.41, 5.74) is 3.12. The van der Waals surface area contributed by atoms with Gasteiger partial charge in [0.25, 0.3) is 17.2 Å². The topological polar surface area (TPSA) is 97.0 Å². The first-order valence-corrected chi connectivity index (χ1v) is 13.3. The molecule has 0 unspecified atom stereocenters. The van der Waals surface area contributed by atoms with Gasteiger partial charge in [-0.25, -0.2) is 14.5 Å². The molecule has 0 aliphatic heterocycles. The maximum absolute atomic E-state index is 12.7. The number of rotatable bonds is 7. The normalized spacial score (nSPS) is 10.7. The number of carbonyl (C=O) groups is 1. The SMILES string of the molecule is [C-]#[N+]c1c(-c2ccc(-n3cccn3)cc2)nc(SCc2cccc(NC(=O)c3ccc(Cl)c(Cl)c3)c2)[nH]c1=O. The van der Waals surface area contributed by atoms with E-state index in [4.69, 9.17) is 29.8 Å². The number of carbonyl (C=O) groups excluding carboxylic acids is 1. The molecule has 0 spiro atoms. The molecule has 192 valence electrons. The largest absolute Gasteiger partial charge is 0.322 e. The molecule has 2 aromatic heterocycles. The third-order valence-electron chi connectivity index (χ3n) is 5.64. The van der Waals surface area contributed by atoms with Gasteiger partial charge in [0.2, 0.25) is 0 Å². The fourth-order valence-corrected chi connectivity index (χ4v) is 4.85. The predicted molar refractivity (Wildman–Crippen MR) is 154 cm³/mol. The van der Waals surface area contributed by atoms with Crippen molar-refractivity contribution in [2.75, 3.05) is 5.32 Å². The van der Waals surface area contributed by atoms with Crippen molar-refractivity contribution in [2.24, 2.45) is 0 Å². The van der Waals surface area contributed by atoms with E-state index >= 15 is 0 Å². The van der Waals surface area contributed by atoms with Crippen molar-refractivity contribution in [1.82, 2.24) is 19.7 Å². The number of aromatic amines is 1. The molecule has 0 atom stereocenters. The first-order chi connectivity index (χ1) is 18.9. The second-order valence-corrected chi connectivity index (χ2v) is 10.0. The van der Waals surface area contributed by atoms with Crippen molar-refractivity contribution >= 4 is 52.2 Å². The Kier molecular flexibility index (Phi) is 7.79. The van der Waals surface area contributed by atoms with Gasteiger partial charge in [-0.2, -0.15) is 5.10 Å². The number of anilines is 1. The monoisotopic (exact) mass is 572 g/mol. The van der Waals surface area contributed by atoms with Crippen molar-refractivity contribution in [1.29, 1.82) is 0 Å². The van der Waals surface area contributed by atoms with Crippen LogP contribution in [0.2, 0.25) is 10.0 Å². The zero-order chi connectivity index (χ0) is 27.4. The lowest BCUT2D eigenvalue weighted by molar-refractivity contribution is 0.102. The Bertz CT molecular complexity index is 1760. The molecule has 3 aromatic carbocycles. The van der Waals surface area contributed by atoms with Crippen molar-refractivity contribution in [2.45, 2.75) is 10.9 Å². The average Bonchev–Trinajstić information content (AvgIpc) is 3.49. The number of nitrogens with zero attached hydrogens (tertiary/aromatic N) is 4. The van der Waals surface area contributed by atoms with Crippen molar-refractivity contribution in [3.63, 3.8) is 0 Å². The number of benzene rings is 3. The molecule has 0 fully saturated rings. The quantitative estimate of drug-likeness (QED) is 0.124. The number of hydrogen-bond donors (Lipinski definition) is 2. The van der Waals surface area contributed by atoms with Crippen LogP contribution in [0, 0.1) is 6.57 Å². The number of aromatic nitrogens is 4. The van der Waals surface area contributed by atoms with E-state index in [-0.39, 0.29) is 11.6 Å². The van der Waals surface area contributed by atoms with Crippen molar-refractivity contribution < 1.29 is 4.79 Å². The fraction of sp³-hybridized carbons (Fsp3) is 0.0357. The van der Waals surface area contributed by atoms with Crippen LogP contribution in [-0.4, -0.2) is 25.7 Å². The van der Waals surface area contributed by atoms with E-state index in [2.05, 4.69) is 25.2 Å². The highest BCUT2D eigenvalue weighted by Crippen LogP contribution is 2.29. The maximum Gasteiger partial charge on any atom is 0.276 e. The lowest BCUT2D eigenvalue weighted by Gasteiger charge is -2.10. The molecule has 2 N–H and O–H groups in total. The highest BCUT2D eigenvalue weighted by atomic mass is 35.5. The molecule has 8 nitrogen and oxygen atoms in total. The predicted octanol–water partition coefficient (Wildman–Crippen LogP) is 7.02. The third-order valence-corrected chi connectivity index (χ3v) is 7.32. The van der Waals surface area contributed by atoms with Gasteiger partial charge in [0.05, 0.1) is 28.0 Å². The summed E-state index contributed by atoms with van der Waals surface area (Å²) in [5, 5.41) is 8.11. The summed E-state index contributed by atoms with van der Waals surface area (Å²) < 4.78 is 1.72. The van der Waals surface area contributed by atoms with E-state index in [0.717, 1.165) is 11.3 Å². The van der Waals surface area contributed by atoms with Gasteiger partial charge in [0.1, 0.15) is 0 Å². The molecular formula is C28H18Cl2N6O2S. The smallest absolute Gasteiger partial charge is 0.276 e. The molecule has 39 heavy (non-hydrogen) atoms. The summed E-state index contributed by atoms with van der Waals surface area (Å²) in [6.07, 6.45) is 3.51. The van der Waals surface area contributed by atoms with Crippen LogP contribution in [-0.2, 0) is 5.75 Å². The Labute approximate surface area is 237 Å². The summed E-state index contributed by atoms with van der Waals surface area (Å²) in [7, 11) is 0. The van der Waals surface area contributed by atoms with Crippen LogP contribution in [0.1, 0.15) is 15.9 Å². The summed E-state index contributed by atoms with van der Waals surface area (Å²) in [6, 6.07) is 21.2. The summed E-state index contributed by atoms with van der Waals surface area (Å²) >= 11 is 13.3. The molecule has 2 heterocycles. The van der Waals surface area contributed by atoms with Gasteiger partial charge in [-0.15, -0.1) is 0 Å². The highest BCUT2D eigenvalue weighted by molar-refractivity contribution is 7.98. The van der Waals surface area contributed by atoms with E-state index in [1.165, 1.54) is 17.8 Å². The molecule has 0 saturated heterocycles. The Hall–Kier alpha value is -4.36. The van der Waals surface area contributed by atoms with Crippen LogP contribution < -0.4 is 10.9 Å². The second-order valence-electron chi connectivity index (χ2n) is 8.25. The van der Waals surface area contributed by atoms with Gasteiger partial charge in [0.15, 0.2) is 5.16 Å². The molecule has 5 rings (SSSR count). The Morgan fingerprint density at radius 3 is 2.59 bits per heavy atom. The van der Waals surface area contributed by atoms with Gasteiger partial charge in [-0.05, 0) is 59.7 Å². The lowest BCUT2D eigenvalue weighted by atomic mass is 10.1. The van der Waals surface area contributed by atoms with Gasteiger partial charge in [0, 0.05) is 29.4 Å². The van der Waals surface area contributed by atoms with Crippen molar-refractivity contribution in [3.8, 4) is 16.9 Å². The lowest BCUT2D eigenvalue weighted by Crippen LogP contribution is -2.12. The molecule has 0 aliphatic rings. The van der Waals surface area contributed by atoms with Gasteiger partial charge < -0.3 is 10.3 Å². The zero-order valence-corrected chi connectivity index (χ0v) is 22.4. The van der Waals surface area contributed by atoms with E-state index in [0.29, 0.717) is 43.5 Å². The van der Waals surface area contributed by atoms with E-state index < -0.39 is 5.56 Å². The Morgan fingerprint density at radius 1 is 1.05 bits per heavy atom. The first kappa shape index (κ1) is 26.3. The summed E-state index contributed by atoms with van der Waals surface area (Å²) in [6.45, 7) is 7.50. The minimum Gasteiger partial charge on any atom is -0.322 e. The van der Waals surface area contributed by atoms with Crippen LogP contribution in [0.15, 0.2) is 95.1 Å². The summed E-state index contributed by atoms with van der Waals surface area (Å²) in [4.78, 5) is 36.0. The van der Waals surface area contributed by atoms with Crippen LogP contribution in [0.4, 0.5) is 11.4 Å². The standard InChI is InChI=1S/C28H18Cl2N6O2S/c1-31-25-24(18-6-9-21(10-7-18)36-13-3-12-32-36)34-28(35-27(25)38)39-16-17-4-2-5-20(14-17)33-26(37)19-8-11-22(29)23(30)15-19/h2-15H,16H2,(H,33,37)(H,34,35,38). The number of halogens is 2. The Balaban J connectivity index is 1.33. The van der Waals surface area contributed by atoms with Gasteiger partial charge in [-0.1, -0.05) is 59.2 Å². The minimum absolute atomic E-state index is 0.0711. The van der Waals surface area contributed by atoms with Crippen LogP contribution >= 0.6 is 35.0 Å². The number of thioether (sulfide) groups is 1. The maximum atomic E-state index is 12.7. The number of H-pyrrole nitrogens is 1. The van der Waals surface area contributed by atoms with Crippen molar-refractivity contribution in [3.05, 3.63) is 128 Å². The average molecular weight is 573 g/mol. The third kappa shape index (κ3) is 6.04.